The third kappa shape index (κ3) is 2.38. The Bertz CT molecular complexity index is 754. The van der Waals surface area contributed by atoms with Gasteiger partial charge in [-0.1, -0.05) is 18.2 Å². The van der Waals surface area contributed by atoms with E-state index in [0.717, 1.165) is 16.6 Å². The number of aromatic nitrogens is 2. The topological polar surface area (TPSA) is 75.1 Å². The predicted octanol–water partition coefficient (Wildman–Crippen LogP) is 3.13. The van der Waals surface area contributed by atoms with Crippen molar-refractivity contribution in [3.05, 3.63) is 47.6 Å². The lowest BCUT2D eigenvalue weighted by atomic mass is 10.2. The van der Waals surface area contributed by atoms with E-state index in [9.17, 15) is 4.79 Å². The zero-order chi connectivity index (χ0) is 13.2. The first-order valence-corrected chi connectivity index (χ1v) is 6.41. The summed E-state index contributed by atoms with van der Waals surface area (Å²) in [6, 6.07) is 9.73. The second-order valence-corrected chi connectivity index (χ2v) is 4.74. The van der Waals surface area contributed by atoms with Gasteiger partial charge in [0.2, 0.25) is 0 Å². The van der Waals surface area contributed by atoms with Gasteiger partial charge in [0.05, 0.1) is 17.4 Å². The highest BCUT2D eigenvalue weighted by atomic mass is 32.1. The Morgan fingerprint density at radius 2 is 2.16 bits per heavy atom. The number of carboxylic acid groups (broad SMARTS) is 1. The monoisotopic (exact) mass is 271 g/mol. The number of rotatable bonds is 3. The lowest BCUT2D eigenvalue weighted by molar-refractivity contribution is 0.0691. The molecule has 6 heteroatoms. The smallest absolute Gasteiger partial charge is 0.355 e. The fourth-order valence-electron chi connectivity index (χ4n) is 1.69. The maximum Gasteiger partial charge on any atom is 0.355 e. The van der Waals surface area contributed by atoms with Gasteiger partial charge in [-0.05, 0) is 12.1 Å². The second-order valence-electron chi connectivity index (χ2n) is 3.88. The van der Waals surface area contributed by atoms with Crippen LogP contribution in [-0.2, 0) is 0 Å². The Labute approximate surface area is 112 Å². The van der Waals surface area contributed by atoms with Gasteiger partial charge < -0.3 is 10.4 Å². The number of carboxylic acids is 1. The molecule has 2 heterocycles. The first-order valence-electron chi connectivity index (χ1n) is 5.53. The van der Waals surface area contributed by atoms with E-state index in [-0.39, 0.29) is 5.69 Å². The highest BCUT2D eigenvalue weighted by Gasteiger charge is 2.08. The number of nitrogens with one attached hydrogen (secondary N) is 1. The number of thiazole rings is 1. The minimum atomic E-state index is -1.03. The highest BCUT2D eigenvalue weighted by molar-refractivity contribution is 7.14. The van der Waals surface area contributed by atoms with Crippen molar-refractivity contribution < 1.29 is 9.90 Å². The van der Waals surface area contributed by atoms with Crippen LogP contribution in [0.15, 0.2) is 41.9 Å². The van der Waals surface area contributed by atoms with Crippen LogP contribution in [0, 0.1) is 0 Å². The Morgan fingerprint density at radius 1 is 1.32 bits per heavy atom. The molecule has 0 fully saturated rings. The Hall–Kier alpha value is -2.47. The minimum Gasteiger partial charge on any atom is -0.476 e. The third-order valence-electron chi connectivity index (χ3n) is 2.57. The third-order valence-corrected chi connectivity index (χ3v) is 3.32. The average molecular weight is 271 g/mol. The molecule has 5 nitrogen and oxygen atoms in total. The number of para-hydroxylation sites is 1. The number of fused-ring (bicyclic) bond motifs is 1. The van der Waals surface area contributed by atoms with Crippen LogP contribution in [0.3, 0.4) is 0 Å². The van der Waals surface area contributed by atoms with Crippen LogP contribution in [0.25, 0.3) is 10.9 Å². The molecule has 3 aromatic rings. The molecule has 0 saturated carbocycles. The van der Waals surface area contributed by atoms with Crippen LogP contribution in [0.4, 0.5) is 10.8 Å². The molecule has 0 radical (unpaired) electrons. The quantitative estimate of drug-likeness (QED) is 0.765. The molecule has 2 aromatic heterocycles. The van der Waals surface area contributed by atoms with E-state index in [2.05, 4.69) is 15.3 Å². The van der Waals surface area contributed by atoms with E-state index in [1.165, 1.54) is 16.7 Å². The molecule has 0 aliphatic heterocycles. The van der Waals surface area contributed by atoms with Crippen molar-refractivity contribution >= 4 is 39.0 Å². The maximum absolute atomic E-state index is 10.7. The molecule has 1 aromatic carbocycles. The zero-order valence-corrected chi connectivity index (χ0v) is 10.5. The first-order chi connectivity index (χ1) is 9.22. The van der Waals surface area contributed by atoms with Crippen molar-refractivity contribution in [3.8, 4) is 0 Å². The van der Waals surface area contributed by atoms with Gasteiger partial charge >= 0.3 is 5.97 Å². The zero-order valence-electron chi connectivity index (χ0n) is 9.70. The van der Waals surface area contributed by atoms with Crippen LogP contribution >= 0.6 is 11.3 Å². The molecule has 2 N–H and O–H groups in total. The van der Waals surface area contributed by atoms with Crippen molar-refractivity contribution in [1.82, 2.24) is 9.97 Å². The van der Waals surface area contributed by atoms with Gasteiger partial charge in [0.25, 0.3) is 0 Å². The van der Waals surface area contributed by atoms with Gasteiger partial charge in [-0.15, -0.1) is 11.3 Å². The normalized spacial score (nSPS) is 10.5. The van der Waals surface area contributed by atoms with E-state index in [0.29, 0.717) is 5.13 Å². The van der Waals surface area contributed by atoms with Crippen LogP contribution in [-0.4, -0.2) is 21.0 Å². The standard InChI is InChI=1S/C13H9N3O2S/c17-12(18)11-7-19-13(16-11)15-9-5-8-3-1-2-4-10(8)14-6-9/h1-7H,(H,15,16)(H,17,18). The summed E-state index contributed by atoms with van der Waals surface area (Å²) in [6.45, 7) is 0. The molecule has 94 valence electrons. The number of anilines is 2. The van der Waals surface area contributed by atoms with Gasteiger partial charge in [0, 0.05) is 10.8 Å². The number of hydrogen-bond acceptors (Lipinski definition) is 5. The summed E-state index contributed by atoms with van der Waals surface area (Å²) in [6.07, 6.45) is 1.70. The van der Waals surface area contributed by atoms with Crippen molar-refractivity contribution in [2.75, 3.05) is 5.32 Å². The van der Waals surface area contributed by atoms with Gasteiger partial charge in [-0.3, -0.25) is 4.98 Å². The molecule has 0 unspecified atom stereocenters. The molecule has 0 aliphatic carbocycles. The highest BCUT2D eigenvalue weighted by Crippen LogP contribution is 2.23. The fraction of sp³-hybridized carbons (Fsp3) is 0. The summed E-state index contributed by atoms with van der Waals surface area (Å²) in [7, 11) is 0. The fourth-order valence-corrected chi connectivity index (χ4v) is 2.40. The van der Waals surface area contributed by atoms with Crippen molar-refractivity contribution in [2.24, 2.45) is 0 Å². The molecular weight excluding hydrogens is 262 g/mol. The number of carbonyl (C=O) groups is 1. The maximum atomic E-state index is 10.7. The van der Waals surface area contributed by atoms with Crippen LogP contribution < -0.4 is 5.32 Å². The van der Waals surface area contributed by atoms with E-state index in [1.807, 2.05) is 30.3 Å². The van der Waals surface area contributed by atoms with Gasteiger partial charge in [0.15, 0.2) is 10.8 Å². The largest absolute Gasteiger partial charge is 0.476 e. The molecule has 0 bridgehead atoms. The summed E-state index contributed by atoms with van der Waals surface area (Å²) >= 11 is 1.25. The summed E-state index contributed by atoms with van der Waals surface area (Å²) in [5.74, 6) is -1.03. The predicted molar refractivity (Wildman–Crippen MR) is 74.1 cm³/mol. The number of pyridine rings is 1. The molecule has 3 rings (SSSR count). The Balaban J connectivity index is 1.89. The van der Waals surface area contributed by atoms with Gasteiger partial charge in [0.1, 0.15) is 0 Å². The summed E-state index contributed by atoms with van der Waals surface area (Å²) in [4.78, 5) is 19.0. The molecular formula is C13H9N3O2S. The van der Waals surface area contributed by atoms with Gasteiger partial charge in [-0.2, -0.15) is 0 Å². The van der Waals surface area contributed by atoms with Crippen LogP contribution in [0.2, 0.25) is 0 Å². The molecule has 0 atom stereocenters. The number of aromatic carboxylic acids is 1. The van der Waals surface area contributed by atoms with Crippen LogP contribution in [0.1, 0.15) is 10.5 Å². The summed E-state index contributed by atoms with van der Waals surface area (Å²) < 4.78 is 0. The van der Waals surface area contributed by atoms with Crippen LogP contribution in [0.5, 0.6) is 0 Å². The SMILES string of the molecule is O=C(O)c1csc(Nc2cnc3ccccc3c2)n1. The number of benzene rings is 1. The minimum absolute atomic E-state index is 0.0428. The first kappa shape index (κ1) is 11.6. The Kier molecular flexibility index (Phi) is 2.85. The molecule has 0 amide bonds. The Morgan fingerprint density at radius 3 is 2.95 bits per heavy atom. The number of nitrogens with zero attached hydrogens (tertiary/aromatic N) is 2. The van der Waals surface area contributed by atoms with E-state index in [1.54, 1.807) is 6.20 Å². The second kappa shape index (κ2) is 4.66. The summed E-state index contributed by atoms with van der Waals surface area (Å²) in [5.41, 5.74) is 1.74. The van der Waals surface area contributed by atoms with E-state index < -0.39 is 5.97 Å². The lowest BCUT2D eigenvalue weighted by Crippen LogP contribution is -1.97. The van der Waals surface area contributed by atoms with E-state index in [4.69, 9.17) is 5.11 Å². The summed E-state index contributed by atoms with van der Waals surface area (Å²) in [5, 5.41) is 14.9. The van der Waals surface area contributed by atoms with Crippen molar-refractivity contribution in [3.63, 3.8) is 0 Å². The molecule has 0 aliphatic rings. The molecule has 0 saturated heterocycles. The average Bonchev–Trinajstić information content (AvgIpc) is 2.87. The lowest BCUT2D eigenvalue weighted by Gasteiger charge is -2.03. The van der Waals surface area contributed by atoms with Crippen molar-refractivity contribution in [2.45, 2.75) is 0 Å². The van der Waals surface area contributed by atoms with E-state index >= 15 is 0 Å². The molecule has 19 heavy (non-hydrogen) atoms. The van der Waals surface area contributed by atoms with Crippen molar-refractivity contribution in [1.29, 1.82) is 0 Å². The van der Waals surface area contributed by atoms with Gasteiger partial charge in [-0.25, -0.2) is 9.78 Å². The molecule has 0 spiro atoms. The number of hydrogen-bond donors (Lipinski definition) is 2.